The summed E-state index contributed by atoms with van der Waals surface area (Å²) < 4.78 is 8.34. The van der Waals surface area contributed by atoms with E-state index in [1.165, 1.54) is 5.56 Å². The Morgan fingerprint density at radius 2 is 1.78 bits per heavy atom. The topological polar surface area (TPSA) is 76.4 Å². The number of amides is 1. The number of aryl methyl sites for hydroxylation is 2. The number of benzene rings is 3. The molecule has 32 heavy (non-hydrogen) atoms. The van der Waals surface area contributed by atoms with Gasteiger partial charge in [-0.3, -0.25) is 4.79 Å². The molecular weight excluding hydrogens is 402 g/mol. The lowest BCUT2D eigenvalue weighted by molar-refractivity contribution is 0.0945. The summed E-state index contributed by atoms with van der Waals surface area (Å²) in [5.74, 6) is 1.37. The van der Waals surface area contributed by atoms with Crippen molar-refractivity contribution in [3.63, 3.8) is 0 Å². The zero-order valence-electron chi connectivity index (χ0n) is 18.1. The second-order valence-electron chi connectivity index (χ2n) is 7.61. The van der Waals surface area contributed by atoms with E-state index in [9.17, 15) is 4.79 Å². The number of nitrogens with zero attached hydrogens (tertiary/aromatic N) is 2. The van der Waals surface area contributed by atoms with Gasteiger partial charge in [-0.2, -0.15) is 0 Å². The summed E-state index contributed by atoms with van der Waals surface area (Å²) in [6.07, 6.45) is 0.586. The molecule has 0 aliphatic rings. The van der Waals surface area contributed by atoms with Gasteiger partial charge in [-0.25, -0.2) is 4.98 Å². The Labute approximate surface area is 187 Å². The molecule has 3 aromatic carbocycles. The summed E-state index contributed by atoms with van der Waals surface area (Å²) in [4.78, 5) is 17.2. The average molecular weight is 430 g/mol. The third-order valence-electron chi connectivity index (χ3n) is 5.32. The van der Waals surface area contributed by atoms with E-state index in [2.05, 4.69) is 22.0 Å². The Morgan fingerprint density at radius 1 is 1.06 bits per heavy atom. The van der Waals surface area contributed by atoms with Crippen LogP contribution in [0.2, 0.25) is 0 Å². The molecule has 0 saturated heterocycles. The molecular formula is C26H27N3O3. The smallest absolute Gasteiger partial charge is 0.251 e. The molecule has 1 amide bonds. The maximum Gasteiger partial charge on any atom is 0.251 e. The molecule has 1 unspecified atom stereocenters. The molecule has 0 radical (unpaired) electrons. The highest BCUT2D eigenvalue weighted by molar-refractivity contribution is 5.97. The molecule has 0 fully saturated rings. The predicted molar refractivity (Wildman–Crippen MR) is 125 cm³/mol. The Bertz CT molecular complexity index is 1170. The average Bonchev–Trinajstić information content (AvgIpc) is 3.20. The van der Waals surface area contributed by atoms with Crippen LogP contribution in [0.15, 0.2) is 78.9 Å². The molecule has 0 spiro atoms. The highest BCUT2D eigenvalue weighted by Gasteiger charge is 2.19. The zero-order chi connectivity index (χ0) is 22.3. The molecule has 6 nitrogen and oxygen atoms in total. The van der Waals surface area contributed by atoms with Crippen LogP contribution in [0.3, 0.4) is 0 Å². The summed E-state index contributed by atoms with van der Waals surface area (Å²) in [7, 11) is 0. The number of rotatable bonds is 9. The molecule has 1 atom stereocenters. The van der Waals surface area contributed by atoms with Crippen LogP contribution in [-0.4, -0.2) is 33.7 Å². The number of imidazole rings is 1. The molecule has 1 heterocycles. The summed E-state index contributed by atoms with van der Waals surface area (Å²) in [5.41, 5.74) is 3.46. The zero-order valence-corrected chi connectivity index (χ0v) is 18.1. The molecule has 0 aliphatic carbocycles. The first-order chi connectivity index (χ1) is 15.7. The van der Waals surface area contributed by atoms with Crippen LogP contribution in [0.4, 0.5) is 0 Å². The first kappa shape index (κ1) is 21.6. The van der Waals surface area contributed by atoms with Gasteiger partial charge >= 0.3 is 0 Å². The monoisotopic (exact) mass is 429 g/mol. The summed E-state index contributed by atoms with van der Waals surface area (Å²) >= 11 is 0. The highest BCUT2D eigenvalue weighted by atomic mass is 16.5. The van der Waals surface area contributed by atoms with Crippen LogP contribution >= 0.6 is 0 Å². The van der Waals surface area contributed by atoms with E-state index < -0.39 is 0 Å². The normalized spacial score (nSPS) is 11.9. The SMILES string of the molecule is CC(Oc1ccccc1)c1nc2cc(C(=O)NCCO)ccc2n1CCc1ccccc1. The second kappa shape index (κ2) is 10.1. The van der Waals surface area contributed by atoms with E-state index >= 15 is 0 Å². The van der Waals surface area contributed by atoms with Crippen LogP contribution in [0, 0.1) is 0 Å². The first-order valence-corrected chi connectivity index (χ1v) is 10.8. The van der Waals surface area contributed by atoms with E-state index in [0.29, 0.717) is 5.56 Å². The van der Waals surface area contributed by atoms with Gasteiger partial charge in [-0.05, 0) is 49.2 Å². The number of nitrogens with one attached hydrogen (secondary N) is 1. The fraction of sp³-hybridized carbons (Fsp3) is 0.231. The molecule has 164 valence electrons. The van der Waals surface area contributed by atoms with Crippen molar-refractivity contribution in [3.8, 4) is 5.75 Å². The fourth-order valence-electron chi connectivity index (χ4n) is 3.75. The number of hydrogen-bond donors (Lipinski definition) is 2. The quantitative estimate of drug-likeness (QED) is 0.419. The van der Waals surface area contributed by atoms with Gasteiger partial charge < -0.3 is 19.7 Å². The van der Waals surface area contributed by atoms with Crippen LogP contribution in [0.5, 0.6) is 5.75 Å². The van der Waals surface area contributed by atoms with Crippen molar-refractivity contribution in [2.45, 2.75) is 26.0 Å². The van der Waals surface area contributed by atoms with Crippen LogP contribution < -0.4 is 10.1 Å². The van der Waals surface area contributed by atoms with Gasteiger partial charge in [0, 0.05) is 18.7 Å². The molecule has 1 aromatic heterocycles. The molecule has 4 rings (SSSR count). The number of hydrogen-bond acceptors (Lipinski definition) is 4. The van der Waals surface area contributed by atoms with Crippen molar-refractivity contribution in [1.82, 2.24) is 14.9 Å². The van der Waals surface area contributed by atoms with Crippen LogP contribution in [0.1, 0.15) is 34.8 Å². The van der Waals surface area contributed by atoms with E-state index in [4.69, 9.17) is 14.8 Å². The minimum atomic E-state index is -0.271. The largest absolute Gasteiger partial charge is 0.483 e. The molecule has 0 aliphatic heterocycles. The molecule has 0 bridgehead atoms. The third-order valence-corrected chi connectivity index (χ3v) is 5.32. The fourth-order valence-corrected chi connectivity index (χ4v) is 3.75. The maximum absolute atomic E-state index is 12.3. The summed E-state index contributed by atoms with van der Waals surface area (Å²) in [5, 5.41) is 11.7. The second-order valence-corrected chi connectivity index (χ2v) is 7.61. The van der Waals surface area contributed by atoms with E-state index in [-0.39, 0.29) is 25.2 Å². The molecule has 4 aromatic rings. The van der Waals surface area contributed by atoms with E-state index in [0.717, 1.165) is 35.6 Å². The lowest BCUT2D eigenvalue weighted by atomic mass is 10.1. The number of para-hydroxylation sites is 1. The van der Waals surface area contributed by atoms with Crippen LogP contribution in [0.25, 0.3) is 11.0 Å². The van der Waals surface area contributed by atoms with Gasteiger partial charge in [0.2, 0.25) is 0 Å². The molecule has 0 saturated carbocycles. The lowest BCUT2D eigenvalue weighted by Gasteiger charge is -2.17. The van der Waals surface area contributed by atoms with E-state index in [1.54, 1.807) is 12.1 Å². The van der Waals surface area contributed by atoms with Crippen molar-refractivity contribution >= 4 is 16.9 Å². The van der Waals surface area contributed by atoms with Gasteiger partial charge in [0.05, 0.1) is 17.6 Å². The minimum absolute atomic E-state index is 0.0966. The lowest BCUT2D eigenvalue weighted by Crippen LogP contribution is -2.26. The summed E-state index contributed by atoms with van der Waals surface area (Å²) in [6.45, 7) is 2.85. The highest BCUT2D eigenvalue weighted by Crippen LogP contribution is 2.26. The first-order valence-electron chi connectivity index (χ1n) is 10.8. The molecule has 2 N–H and O–H groups in total. The molecule has 6 heteroatoms. The number of aliphatic hydroxyl groups is 1. The Morgan fingerprint density at radius 3 is 2.50 bits per heavy atom. The van der Waals surface area contributed by atoms with E-state index in [1.807, 2.05) is 61.5 Å². The Kier molecular flexibility index (Phi) is 6.82. The van der Waals surface area contributed by atoms with Crippen molar-refractivity contribution in [3.05, 3.63) is 95.8 Å². The van der Waals surface area contributed by atoms with Crippen LogP contribution in [-0.2, 0) is 13.0 Å². The van der Waals surface area contributed by atoms with Crippen molar-refractivity contribution in [2.24, 2.45) is 0 Å². The Hall–Kier alpha value is -3.64. The van der Waals surface area contributed by atoms with Crippen molar-refractivity contribution in [1.29, 1.82) is 0 Å². The van der Waals surface area contributed by atoms with Gasteiger partial charge in [0.15, 0.2) is 11.9 Å². The number of aromatic nitrogens is 2. The van der Waals surface area contributed by atoms with Crippen molar-refractivity contribution < 1.29 is 14.6 Å². The van der Waals surface area contributed by atoms with Crippen molar-refractivity contribution in [2.75, 3.05) is 13.2 Å². The third kappa shape index (κ3) is 4.98. The number of carbonyl (C=O) groups is 1. The standard InChI is InChI=1S/C26H27N3O3/c1-19(32-22-10-6-3-7-11-22)25-28-23-18-21(26(31)27-15-17-30)12-13-24(23)29(25)16-14-20-8-4-2-5-9-20/h2-13,18-19,30H,14-17H2,1H3,(H,27,31). The minimum Gasteiger partial charge on any atom is -0.483 e. The predicted octanol–water partition coefficient (Wildman–Crippen LogP) is 4.14. The number of carbonyl (C=O) groups excluding carboxylic acids is 1. The van der Waals surface area contributed by atoms with Gasteiger partial charge in [0.25, 0.3) is 5.91 Å². The number of ether oxygens (including phenoxy) is 1. The summed E-state index contributed by atoms with van der Waals surface area (Å²) in [6, 6.07) is 25.5. The van der Waals surface area contributed by atoms with Gasteiger partial charge in [-0.1, -0.05) is 48.5 Å². The maximum atomic E-state index is 12.3. The van der Waals surface area contributed by atoms with Gasteiger partial charge in [0.1, 0.15) is 5.75 Å². The Balaban J connectivity index is 1.67. The number of fused-ring (bicyclic) bond motifs is 1. The van der Waals surface area contributed by atoms with Gasteiger partial charge in [-0.15, -0.1) is 0 Å². The number of aliphatic hydroxyl groups excluding tert-OH is 1.